The first kappa shape index (κ1) is 14.6. The Morgan fingerprint density at radius 1 is 1.14 bits per heavy atom. The van der Waals surface area contributed by atoms with Crippen LogP contribution in [0.4, 0.5) is 11.5 Å². The van der Waals surface area contributed by atoms with Crippen LogP contribution >= 0.6 is 0 Å². The number of nitrogens with zero attached hydrogens (tertiary/aromatic N) is 1. The van der Waals surface area contributed by atoms with Gasteiger partial charge in [0.2, 0.25) is 0 Å². The van der Waals surface area contributed by atoms with Gasteiger partial charge in [-0.15, -0.1) is 0 Å². The highest BCUT2D eigenvalue weighted by Gasteiger charge is 2.11. The number of nitrogens with one attached hydrogen (secondary N) is 2. The topological polar surface area (TPSA) is 72.5 Å². The van der Waals surface area contributed by atoms with Crippen LogP contribution < -0.4 is 20.1 Å². The van der Waals surface area contributed by atoms with Gasteiger partial charge in [0.15, 0.2) is 0 Å². The van der Waals surface area contributed by atoms with Crippen LogP contribution in [0, 0.1) is 0 Å². The van der Waals surface area contributed by atoms with Crippen molar-refractivity contribution in [1.29, 1.82) is 0 Å². The van der Waals surface area contributed by atoms with Crippen LogP contribution in [0.15, 0.2) is 36.5 Å². The number of anilines is 2. The molecule has 1 amide bonds. The van der Waals surface area contributed by atoms with Crippen LogP contribution in [0.2, 0.25) is 0 Å². The van der Waals surface area contributed by atoms with Crippen molar-refractivity contribution in [2.45, 2.75) is 0 Å². The molecule has 0 unspecified atom stereocenters. The summed E-state index contributed by atoms with van der Waals surface area (Å²) >= 11 is 0. The number of rotatable bonds is 5. The van der Waals surface area contributed by atoms with E-state index in [0.717, 1.165) is 0 Å². The Hall–Kier alpha value is -2.76. The molecule has 110 valence electrons. The van der Waals surface area contributed by atoms with Crippen molar-refractivity contribution < 1.29 is 14.3 Å². The quantitative estimate of drug-likeness (QED) is 0.883. The van der Waals surface area contributed by atoms with E-state index in [1.807, 2.05) is 0 Å². The van der Waals surface area contributed by atoms with Crippen LogP contribution in [0.1, 0.15) is 10.4 Å². The highest BCUT2D eigenvalue weighted by Crippen LogP contribution is 2.29. The highest BCUT2D eigenvalue weighted by molar-refractivity contribution is 6.05. The SMILES string of the molecule is CNc1ccc(C(=O)Nc2cc(OC)ccc2OC)cn1. The number of amides is 1. The van der Waals surface area contributed by atoms with E-state index in [4.69, 9.17) is 9.47 Å². The van der Waals surface area contributed by atoms with Gasteiger partial charge in [-0.2, -0.15) is 0 Å². The van der Waals surface area contributed by atoms with Crippen molar-refractivity contribution in [3.05, 3.63) is 42.1 Å². The third-order valence-corrected chi connectivity index (χ3v) is 2.94. The van der Waals surface area contributed by atoms with E-state index >= 15 is 0 Å². The summed E-state index contributed by atoms with van der Waals surface area (Å²) in [4.78, 5) is 16.3. The van der Waals surface area contributed by atoms with Gasteiger partial charge in [0.1, 0.15) is 17.3 Å². The maximum atomic E-state index is 12.2. The first-order valence-electron chi connectivity index (χ1n) is 6.35. The van der Waals surface area contributed by atoms with Crippen LogP contribution in [0.3, 0.4) is 0 Å². The Morgan fingerprint density at radius 2 is 1.95 bits per heavy atom. The van der Waals surface area contributed by atoms with Crippen LogP contribution in [-0.4, -0.2) is 32.2 Å². The highest BCUT2D eigenvalue weighted by atomic mass is 16.5. The van der Waals surface area contributed by atoms with Crippen molar-refractivity contribution >= 4 is 17.4 Å². The lowest BCUT2D eigenvalue weighted by Crippen LogP contribution is -2.13. The molecule has 6 nitrogen and oxygen atoms in total. The fourth-order valence-corrected chi connectivity index (χ4v) is 1.78. The molecule has 0 aliphatic heterocycles. The summed E-state index contributed by atoms with van der Waals surface area (Å²) in [7, 11) is 4.87. The zero-order valence-corrected chi connectivity index (χ0v) is 12.1. The van der Waals surface area contributed by atoms with Gasteiger partial charge in [0.25, 0.3) is 5.91 Å². The predicted molar refractivity (Wildman–Crippen MR) is 81.3 cm³/mol. The van der Waals surface area contributed by atoms with Gasteiger partial charge in [-0.25, -0.2) is 4.98 Å². The van der Waals surface area contributed by atoms with Crippen LogP contribution in [-0.2, 0) is 0 Å². The number of ether oxygens (including phenoxy) is 2. The zero-order chi connectivity index (χ0) is 15.2. The van der Waals surface area contributed by atoms with Gasteiger partial charge in [-0.3, -0.25) is 4.79 Å². The minimum Gasteiger partial charge on any atom is -0.497 e. The van der Waals surface area contributed by atoms with Gasteiger partial charge >= 0.3 is 0 Å². The molecule has 21 heavy (non-hydrogen) atoms. The van der Waals surface area contributed by atoms with Gasteiger partial charge < -0.3 is 20.1 Å². The minimum atomic E-state index is -0.267. The molecule has 6 heteroatoms. The van der Waals surface area contributed by atoms with Gasteiger partial charge in [0.05, 0.1) is 25.5 Å². The lowest BCUT2D eigenvalue weighted by atomic mass is 10.2. The molecule has 0 spiro atoms. The maximum absolute atomic E-state index is 12.2. The van der Waals surface area contributed by atoms with E-state index in [1.54, 1.807) is 51.6 Å². The number of pyridine rings is 1. The molecule has 1 heterocycles. The van der Waals surface area contributed by atoms with E-state index in [9.17, 15) is 4.79 Å². The summed E-state index contributed by atoms with van der Waals surface area (Å²) in [5.41, 5.74) is 0.999. The molecule has 2 N–H and O–H groups in total. The number of hydrogen-bond acceptors (Lipinski definition) is 5. The number of carbonyl (C=O) groups is 1. The molecule has 0 aliphatic rings. The fourth-order valence-electron chi connectivity index (χ4n) is 1.78. The first-order chi connectivity index (χ1) is 10.2. The van der Waals surface area contributed by atoms with Crippen LogP contribution in [0.5, 0.6) is 11.5 Å². The average Bonchev–Trinajstić information content (AvgIpc) is 2.54. The second-order valence-corrected chi connectivity index (χ2v) is 4.20. The van der Waals surface area contributed by atoms with E-state index in [1.165, 1.54) is 6.20 Å². The summed E-state index contributed by atoms with van der Waals surface area (Å²) in [6.45, 7) is 0. The number of methoxy groups -OCH3 is 2. The summed E-state index contributed by atoms with van der Waals surface area (Å²) < 4.78 is 10.4. The Balaban J connectivity index is 2.21. The Bertz CT molecular complexity index is 627. The second kappa shape index (κ2) is 6.60. The number of aromatic nitrogens is 1. The molecular formula is C15H17N3O3. The van der Waals surface area contributed by atoms with Gasteiger partial charge in [-0.05, 0) is 24.3 Å². The molecule has 2 rings (SSSR count). The average molecular weight is 287 g/mol. The van der Waals surface area contributed by atoms with Crippen molar-refractivity contribution in [1.82, 2.24) is 4.98 Å². The van der Waals surface area contributed by atoms with E-state index in [2.05, 4.69) is 15.6 Å². The Morgan fingerprint density at radius 3 is 2.52 bits per heavy atom. The molecular weight excluding hydrogens is 270 g/mol. The number of carbonyl (C=O) groups excluding carboxylic acids is 1. The minimum absolute atomic E-state index is 0.267. The summed E-state index contributed by atoms with van der Waals surface area (Å²) in [6.07, 6.45) is 1.51. The summed E-state index contributed by atoms with van der Waals surface area (Å²) in [5, 5.41) is 5.68. The molecule has 0 aliphatic carbocycles. The largest absolute Gasteiger partial charge is 0.497 e. The van der Waals surface area contributed by atoms with Gasteiger partial charge in [-0.1, -0.05) is 0 Å². The van der Waals surface area contributed by atoms with E-state index < -0.39 is 0 Å². The molecule has 0 atom stereocenters. The third kappa shape index (κ3) is 3.42. The predicted octanol–water partition coefficient (Wildman–Crippen LogP) is 2.39. The monoisotopic (exact) mass is 287 g/mol. The maximum Gasteiger partial charge on any atom is 0.257 e. The standard InChI is InChI=1S/C15H17N3O3/c1-16-14-7-4-10(9-17-14)15(19)18-12-8-11(20-2)5-6-13(12)21-3/h4-9H,1-3H3,(H,16,17)(H,18,19). The first-order valence-corrected chi connectivity index (χ1v) is 6.35. The molecule has 0 bridgehead atoms. The fraction of sp³-hybridized carbons (Fsp3) is 0.200. The molecule has 0 radical (unpaired) electrons. The smallest absolute Gasteiger partial charge is 0.257 e. The third-order valence-electron chi connectivity index (χ3n) is 2.94. The second-order valence-electron chi connectivity index (χ2n) is 4.20. The normalized spacial score (nSPS) is 9.86. The summed E-state index contributed by atoms with van der Waals surface area (Å²) in [6, 6.07) is 8.62. The zero-order valence-electron chi connectivity index (χ0n) is 12.1. The molecule has 1 aromatic heterocycles. The van der Waals surface area contributed by atoms with Crippen molar-refractivity contribution in [2.24, 2.45) is 0 Å². The van der Waals surface area contributed by atoms with E-state index in [-0.39, 0.29) is 5.91 Å². The van der Waals surface area contributed by atoms with Crippen molar-refractivity contribution in [3.8, 4) is 11.5 Å². The van der Waals surface area contributed by atoms with E-state index in [0.29, 0.717) is 28.6 Å². The van der Waals surface area contributed by atoms with Crippen LogP contribution in [0.25, 0.3) is 0 Å². The lowest BCUT2D eigenvalue weighted by Gasteiger charge is -2.11. The number of benzene rings is 1. The number of hydrogen-bond donors (Lipinski definition) is 2. The molecule has 1 aromatic carbocycles. The molecule has 0 saturated heterocycles. The van der Waals surface area contributed by atoms with Crippen molar-refractivity contribution in [2.75, 3.05) is 31.9 Å². The molecule has 0 saturated carbocycles. The molecule has 2 aromatic rings. The summed E-state index contributed by atoms with van der Waals surface area (Å²) in [5.74, 6) is 1.63. The lowest BCUT2D eigenvalue weighted by molar-refractivity contribution is 0.102. The van der Waals surface area contributed by atoms with Gasteiger partial charge in [0, 0.05) is 19.3 Å². The van der Waals surface area contributed by atoms with Crippen molar-refractivity contribution in [3.63, 3.8) is 0 Å². The Kier molecular flexibility index (Phi) is 4.61. The Labute approximate surface area is 123 Å². The molecule has 0 fully saturated rings.